The first-order valence-corrected chi connectivity index (χ1v) is 7.99. The lowest BCUT2D eigenvalue weighted by Gasteiger charge is -2.19. The lowest BCUT2D eigenvalue weighted by atomic mass is 9.98. The van der Waals surface area contributed by atoms with E-state index in [0.717, 1.165) is 5.75 Å². The summed E-state index contributed by atoms with van der Waals surface area (Å²) in [6.45, 7) is 8.67. The Morgan fingerprint density at radius 1 is 1.24 bits per heavy atom. The topological polar surface area (TPSA) is 98.8 Å². The van der Waals surface area contributed by atoms with Crippen LogP contribution in [0.2, 0.25) is 0 Å². The summed E-state index contributed by atoms with van der Waals surface area (Å²) in [6, 6.07) is -0.693. The normalized spacial score (nSPS) is 14.7. The molecule has 0 aromatic rings. The van der Waals surface area contributed by atoms with Crippen molar-refractivity contribution in [3.05, 3.63) is 0 Å². The summed E-state index contributed by atoms with van der Waals surface area (Å²) >= 11 is 1.70. The van der Waals surface area contributed by atoms with Crippen LogP contribution in [-0.2, 0) is 19.1 Å². The number of carbonyl (C=O) groups is 2. The Morgan fingerprint density at radius 3 is 2.29 bits per heavy atom. The zero-order chi connectivity index (χ0) is 16.6. The van der Waals surface area contributed by atoms with E-state index in [1.54, 1.807) is 32.5 Å². The van der Waals surface area contributed by atoms with Crippen molar-refractivity contribution in [2.24, 2.45) is 11.1 Å². The molecule has 0 saturated heterocycles. The van der Waals surface area contributed by atoms with Crippen molar-refractivity contribution in [1.29, 1.82) is 0 Å². The minimum atomic E-state index is -1.41. The monoisotopic (exact) mass is 321 g/mol. The van der Waals surface area contributed by atoms with E-state index < -0.39 is 36.3 Å². The van der Waals surface area contributed by atoms with E-state index in [-0.39, 0.29) is 0 Å². The first-order chi connectivity index (χ1) is 9.55. The van der Waals surface area contributed by atoms with Crippen LogP contribution in [0.25, 0.3) is 0 Å². The maximum absolute atomic E-state index is 11.6. The molecule has 0 aliphatic carbocycles. The first-order valence-electron chi connectivity index (χ1n) is 6.94. The van der Waals surface area contributed by atoms with Crippen molar-refractivity contribution < 1.29 is 24.2 Å². The van der Waals surface area contributed by atoms with Crippen LogP contribution in [0.4, 0.5) is 0 Å². The Balaban J connectivity index is 4.02. The predicted molar refractivity (Wildman–Crippen MR) is 82.7 cm³/mol. The van der Waals surface area contributed by atoms with Crippen LogP contribution in [0.3, 0.4) is 0 Å². The molecule has 7 heteroatoms. The largest absolute Gasteiger partial charge is 0.427 e. The van der Waals surface area contributed by atoms with E-state index in [1.807, 2.05) is 0 Å². The molecule has 0 heterocycles. The van der Waals surface area contributed by atoms with Gasteiger partial charge in [0.25, 0.3) is 0 Å². The summed E-state index contributed by atoms with van der Waals surface area (Å²) in [4.78, 5) is 23.0. The molecule has 0 aliphatic heterocycles. The molecule has 0 aromatic heterocycles. The molecular formula is C14H27NO5S. The second-order valence-corrected chi connectivity index (χ2v) is 7.76. The highest BCUT2D eigenvalue weighted by atomic mass is 32.2. The quantitative estimate of drug-likeness (QED) is 0.513. The number of thioether (sulfide) groups is 1. The molecule has 0 unspecified atom stereocenters. The Bertz CT molecular complexity index is 341. The number of aliphatic hydroxyl groups excluding tert-OH is 1. The highest BCUT2D eigenvalue weighted by Gasteiger charge is 2.26. The average Bonchev–Trinajstić information content (AvgIpc) is 2.35. The highest BCUT2D eigenvalue weighted by Crippen LogP contribution is 2.15. The maximum atomic E-state index is 11.6. The van der Waals surface area contributed by atoms with Crippen LogP contribution >= 0.6 is 11.8 Å². The van der Waals surface area contributed by atoms with Gasteiger partial charge in [-0.2, -0.15) is 11.8 Å². The van der Waals surface area contributed by atoms with Gasteiger partial charge in [-0.15, -0.1) is 0 Å². The van der Waals surface area contributed by atoms with Crippen LogP contribution < -0.4 is 5.73 Å². The Morgan fingerprint density at radius 2 is 1.81 bits per heavy atom. The minimum absolute atomic E-state index is 0.470. The molecule has 0 aromatic carbocycles. The van der Waals surface area contributed by atoms with Gasteiger partial charge >= 0.3 is 11.9 Å². The molecule has 0 saturated carbocycles. The average molecular weight is 321 g/mol. The summed E-state index contributed by atoms with van der Waals surface area (Å²) in [5.74, 6) is -0.608. The van der Waals surface area contributed by atoms with Crippen LogP contribution in [0, 0.1) is 5.41 Å². The van der Waals surface area contributed by atoms with Crippen molar-refractivity contribution in [2.75, 3.05) is 12.5 Å². The van der Waals surface area contributed by atoms with Crippen molar-refractivity contribution in [3.63, 3.8) is 0 Å². The number of esters is 2. The fraction of sp³-hybridized carbons (Fsp3) is 0.857. The van der Waals surface area contributed by atoms with Gasteiger partial charge in [0.15, 0.2) is 6.10 Å². The standard InChI is InChI=1S/C14H27NO5S/c1-9(2)21-7-6-10(15)11(16)12(17)19-8-20-13(18)14(3,4)5/h9-11,16H,6-8,15H2,1-5H3/t10-,11+/m1/s1. The SMILES string of the molecule is CC(C)SCC[C@@H](N)[C@H](O)C(=O)OCOC(=O)C(C)(C)C. The van der Waals surface area contributed by atoms with Crippen molar-refractivity contribution in [1.82, 2.24) is 0 Å². The summed E-state index contributed by atoms with van der Waals surface area (Å²) in [5.41, 5.74) is 5.06. The molecule has 0 rings (SSSR count). The molecule has 21 heavy (non-hydrogen) atoms. The molecule has 6 nitrogen and oxygen atoms in total. The number of aliphatic hydroxyl groups is 1. The van der Waals surface area contributed by atoms with Gasteiger partial charge in [-0.1, -0.05) is 13.8 Å². The fourth-order valence-electron chi connectivity index (χ4n) is 1.22. The molecule has 124 valence electrons. The van der Waals surface area contributed by atoms with E-state index >= 15 is 0 Å². The zero-order valence-corrected chi connectivity index (χ0v) is 14.2. The molecule has 0 fully saturated rings. The molecule has 0 amide bonds. The zero-order valence-electron chi connectivity index (χ0n) is 13.4. The third-order valence-corrected chi connectivity index (χ3v) is 3.69. The first kappa shape index (κ1) is 20.2. The lowest BCUT2D eigenvalue weighted by Crippen LogP contribution is -2.42. The van der Waals surface area contributed by atoms with E-state index in [9.17, 15) is 14.7 Å². The third kappa shape index (κ3) is 8.95. The minimum Gasteiger partial charge on any atom is -0.427 e. The van der Waals surface area contributed by atoms with E-state index in [2.05, 4.69) is 13.8 Å². The number of hydrogen-bond acceptors (Lipinski definition) is 7. The number of carbonyl (C=O) groups excluding carboxylic acids is 2. The summed E-state index contributed by atoms with van der Waals surface area (Å²) in [6.07, 6.45) is -0.910. The van der Waals surface area contributed by atoms with E-state index in [0.29, 0.717) is 11.7 Å². The van der Waals surface area contributed by atoms with E-state index in [4.69, 9.17) is 15.2 Å². The van der Waals surface area contributed by atoms with Crippen LogP contribution in [0.1, 0.15) is 41.0 Å². The Kier molecular flexibility index (Phi) is 8.92. The number of rotatable bonds is 8. The van der Waals surface area contributed by atoms with Gasteiger partial charge in [-0.25, -0.2) is 4.79 Å². The second kappa shape index (κ2) is 9.27. The Hall–Kier alpha value is -0.790. The van der Waals surface area contributed by atoms with Crippen LogP contribution in [0.15, 0.2) is 0 Å². The van der Waals surface area contributed by atoms with Gasteiger partial charge in [0, 0.05) is 6.04 Å². The molecular weight excluding hydrogens is 294 g/mol. The maximum Gasteiger partial charge on any atom is 0.339 e. The highest BCUT2D eigenvalue weighted by molar-refractivity contribution is 7.99. The second-order valence-electron chi connectivity index (χ2n) is 6.08. The van der Waals surface area contributed by atoms with Crippen molar-refractivity contribution >= 4 is 23.7 Å². The van der Waals surface area contributed by atoms with Crippen LogP contribution in [-0.4, -0.2) is 47.0 Å². The van der Waals surface area contributed by atoms with Gasteiger partial charge < -0.3 is 20.3 Å². The number of hydrogen-bond donors (Lipinski definition) is 2. The van der Waals surface area contributed by atoms with Gasteiger partial charge in [-0.05, 0) is 38.2 Å². The molecule has 0 bridgehead atoms. The van der Waals surface area contributed by atoms with Crippen molar-refractivity contribution in [2.45, 2.75) is 58.4 Å². The fourth-order valence-corrected chi connectivity index (χ4v) is 2.10. The van der Waals surface area contributed by atoms with Gasteiger partial charge in [0.05, 0.1) is 5.41 Å². The van der Waals surface area contributed by atoms with Crippen LogP contribution in [0.5, 0.6) is 0 Å². The summed E-state index contributed by atoms with van der Waals surface area (Å²) in [5, 5.41) is 10.2. The summed E-state index contributed by atoms with van der Waals surface area (Å²) in [7, 11) is 0. The number of ether oxygens (including phenoxy) is 2. The predicted octanol–water partition coefficient (Wildman–Crippen LogP) is 1.30. The lowest BCUT2D eigenvalue weighted by molar-refractivity contribution is -0.178. The van der Waals surface area contributed by atoms with Crippen molar-refractivity contribution in [3.8, 4) is 0 Å². The van der Waals surface area contributed by atoms with E-state index in [1.165, 1.54) is 0 Å². The Labute approximate surface area is 130 Å². The van der Waals surface area contributed by atoms with Gasteiger partial charge in [-0.3, -0.25) is 4.79 Å². The van der Waals surface area contributed by atoms with Gasteiger partial charge in [0.2, 0.25) is 6.79 Å². The molecule has 0 spiro atoms. The van der Waals surface area contributed by atoms with Gasteiger partial charge in [0.1, 0.15) is 0 Å². The molecule has 0 aliphatic rings. The number of nitrogens with two attached hydrogens (primary N) is 1. The third-order valence-electron chi connectivity index (χ3n) is 2.55. The smallest absolute Gasteiger partial charge is 0.339 e. The molecule has 0 radical (unpaired) electrons. The molecule has 2 atom stereocenters. The molecule has 3 N–H and O–H groups in total. The summed E-state index contributed by atoms with van der Waals surface area (Å²) < 4.78 is 9.48.